The Morgan fingerprint density at radius 2 is 1.68 bits per heavy atom. The number of hydrogen-bond acceptors (Lipinski definition) is 4. The van der Waals surface area contributed by atoms with Gasteiger partial charge in [0.15, 0.2) is 0 Å². The van der Waals surface area contributed by atoms with Gasteiger partial charge in [0.25, 0.3) is 5.91 Å². The summed E-state index contributed by atoms with van der Waals surface area (Å²) in [5.74, 6) is 0.969. The third-order valence-corrected chi connectivity index (χ3v) is 4.61. The molecular weight excluding hydrogens is 314 g/mol. The molecule has 5 nitrogen and oxygen atoms in total. The average molecular weight is 339 g/mol. The molecule has 1 aliphatic heterocycles. The zero-order valence-corrected chi connectivity index (χ0v) is 15.1. The highest BCUT2D eigenvalue weighted by Gasteiger charge is 2.22. The van der Waals surface area contributed by atoms with Gasteiger partial charge in [-0.2, -0.15) is 0 Å². The molecule has 1 saturated heterocycles. The van der Waals surface area contributed by atoms with Crippen molar-refractivity contribution in [3.05, 3.63) is 54.1 Å². The van der Waals surface area contributed by atoms with Crippen LogP contribution in [0.3, 0.4) is 0 Å². The fourth-order valence-electron chi connectivity index (χ4n) is 3.06. The summed E-state index contributed by atoms with van der Waals surface area (Å²) < 4.78 is 5.21. The maximum atomic E-state index is 12.8. The Morgan fingerprint density at radius 1 is 1.00 bits per heavy atom. The molecule has 0 saturated carbocycles. The molecule has 0 atom stereocenters. The van der Waals surface area contributed by atoms with Crippen LogP contribution in [0.25, 0.3) is 0 Å². The Balaban J connectivity index is 1.63. The largest absolute Gasteiger partial charge is 0.497 e. The van der Waals surface area contributed by atoms with Crippen molar-refractivity contribution in [1.82, 2.24) is 4.90 Å². The molecule has 0 N–H and O–H groups in total. The summed E-state index contributed by atoms with van der Waals surface area (Å²) in [7, 11) is 5.64. The minimum Gasteiger partial charge on any atom is -0.497 e. The zero-order chi connectivity index (χ0) is 17.8. The maximum absolute atomic E-state index is 12.8. The maximum Gasteiger partial charge on any atom is 0.254 e. The van der Waals surface area contributed by atoms with Gasteiger partial charge in [-0.05, 0) is 42.5 Å². The first-order chi connectivity index (χ1) is 12.1. The third-order valence-electron chi connectivity index (χ3n) is 4.61. The number of anilines is 2. The van der Waals surface area contributed by atoms with E-state index in [0.29, 0.717) is 0 Å². The van der Waals surface area contributed by atoms with E-state index < -0.39 is 0 Å². The predicted octanol–water partition coefficient (Wildman–Crippen LogP) is 2.72. The van der Waals surface area contributed by atoms with E-state index in [1.54, 1.807) is 7.11 Å². The molecule has 1 aliphatic rings. The number of hydrogen-bond donors (Lipinski definition) is 0. The van der Waals surface area contributed by atoms with Crippen molar-refractivity contribution in [3.8, 4) is 5.75 Å². The summed E-state index contributed by atoms with van der Waals surface area (Å²) in [6.45, 7) is 3.14. The van der Waals surface area contributed by atoms with Gasteiger partial charge in [0.05, 0.1) is 7.11 Å². The smallest absolute Gasteiger partial charge is 0.254 e. The highest BCUT2D eigenvalue weighted by atomic mass is 16.5. The molecule has 2 aromatic rings. The summed E-state index contributed by atoms with van der Waals surface area (Å²) in [4.78, 5) is 19.0. The molecule has 0 aromatic heterocycles. The van der Waals surface area contributed by atoms with Gasteiger partial charge in [0.1, 0.15) is 5.75 Å². The van der Waals surface area contributed by atoms with Crippen molar-refractivity contribution in [2.45, 2.75) is 0 Å². The quantitative estimate of drug-likeness (QED) is 0.858. The second kappa shape index (κ2) is 7.47. The van der Waals surface area contributed by atoms with E-state index in [9.17, 15) is 4.79 Å². The van der Waals surface area contributed by atoms with E-state index in [4.69, 9.17) is 4.74 Å². The lowest BCUT2D eigenvalue weighted by atomic mass is 10.1. The van der Waals surface area contributed by atoms with Gasteiger partial charge >= 0.3 is 0 Å². The van der Waals surface area contributed by atoms with Crippen LogP contribution < -0.4 is 14.5 Å². The molecule has 0 unspecified atom stereocenters. The molecule has 1 heterocycles. The van der Waals surface area contributed by atoms with Crippen molar-refractivity contribution < 1.29 is 9.53 Å². The Morgan fingerprint density at radius 3 is 2.28 bits per heavy atom. The second-order valence-electron chi connectivity index (χ2n) is 6.42. The minimum atomic E-state index is 0.109. The van der Waals surface area contributed by atoms with E-state index in [2.05, 4.69) is 17.0 Å². The number of nitrogens with zero attached hydrogens (tertiary/aromatic N) is 3. The number of ether oxygens (including phenoxy) is 1. The van der Waals surface area contributed by atoms with E-state index in [1.165, 1.54) is 5.69 Å². The first kappa shape index (κ1) is 17.1. The van der Waals surface area contributed by atoms with Crippen molar-refractivity contribution >= 4 is 17.3 Å². The summed E-state index contributed by atoms with van der Waals surface area (Å²) in [6, 6.07) is 15.9. The molecule has 5 heteroatoms. The van der Waals surface area contributed by atoms with Crippen LogP contribution in [0.5, 0.6) is 5.75 Å². The van der Waals surface area contributed by atoms with E-state index in [-0.39, 0.29) is 5.91 Å². The van der Waals surface area contributed by atoms with Gasteiger partial charge in [-0.3, -0.25) is 4.79 Å². The summed E-state index contributed by atoms with van der Waals surface area (Å²) in [5.41, 5.74) is 2.97. The molecule has 3 rings (SSSR count). The highest BCUT2D eigenvalue weighted by molar-refractivity contribution is 5.95. The van der Waals surface area contributed by atoms with E-state index in [1.807, 2.05) is 60.3 Å². The number of carbonyl (C=O) groups is 1. The van der Waals surface area contributed by atoms with E-state index in [0.717, 1.165) is 43.2 Å². The monoisotopic (exact) mass is 339 g/mol. The van der Waals surface area contributed by atoms with Crippen molar-refractivity contribution in [1.29, 1.82) is 0 Å². The topological polar surface area (TPSA) is 36.0 Å². The first-order valence-corrected chi connectivity index (χ1v) is 8.54. The number of amides is 1. The number of piperazine rings is 1. The molecular formula is C20H25N3O2. The van der Waals surface area contributed by atoms with Gasteiger partial charge in [-0.15, -0.1) is 0 Å². The van der Waals surface area contributed by atoms with Crippen molar-refractivity contribution in [2.24, 2.45) is 0 Å². The summed E-state index contributed by atoms with van der Waals surface area (Å²) in [5, 5.41) is 0. The number of benzene rings is 2. The van der Waals surface area contributed by atoms with Crippen LogP contribution in [-0.4, -0.2) is 58.2 Å². The van der Waals surface area contributed by atoms with Gasteiger partial charge in [0, 0.05) is 57.2 Å². The highest BCUT2D eigenvalue weighted by Crippen LogP contribution is 2.21. The van der Waals surface area contributed by atoms with Crippen LogP contribution in [0.15, 0.2) is 48.5 Å². The molecule has 25 heavy (non-hydrogen) atoms. The van der Waals surface area contributed by atoms with Gasteiger partial charge in [-0.1, -0.05) is 6.07 Å². The summed E-state index contributed by atoms with van der Waals surface area (Å²) in [6.07, 6.45) is 0. The van der Waals surface area contributed by atoms with Crippen LogP contribution in [0.4, 0.5) is 11.4 Å². The predicted molar refractivity (Wildman–Crippen MR) is 102 cm³/mol. The Hall–Kier alpha value is -2.69. The van der Waals surface area contributed by atoms with Crippen LogP contribution in [0, 0.1) is 0 Å². The Bertz CT molecular complexity index is 720. The fraction of sp³-hybridized carbons (Fsp3) is 0.350. The van der Waals surface area contributed by atoms with Crippen LogP contribution >= 0.6 is 0 Å². The third kappa shape index (κ3) is 3.87. The SMILES string of the molecule is COc1ccc(N2CCN(C(=O)c3cccc(N(C)C)c3)CC2)cc1. The first-order valence-electron chi connectivity index (χ1n) is 8.54. The van der Waals surface area contributed by atoms with Gasteiger partial charge < -0.3 is 19.4 Å². The van der Waals surface area contributed by atoms with Crippen LogP contribution in [0.1, 0.15) is 10.4 Å². The van der Waals surface area contributed by atoms with Crippen molar-refractivity contribution in [2.75, 3.05) is 57.2 Å². The van der Waals surface area contributed by atoms with E-state index >= 15 is 0 Å². The molecule has 1 fully saturated rings. The molecule has 0 bridgehead atoms. The number of rotatable bonds is 4. The number of carbonyl (C=O) groups excluding carboxylic acids is 1. The van der Waals surface area contributed by atoms with Crippen molar-refractivity contribution in [3.63, 3.8) is 0 Å². The second-order valence-corrected chi connectivity index (χ2v) is 6.42. The molecule has 2 aromatic carbocycles. The van der Waals surface area contributed by atoms with Gasteiger partial charge in [-0.25, -0.2) is 0 Å². The normalized spacial score (nSPS) is 14.4. The molecule has 0 radical (unpaired) electrons. The average Bonchev–Trinajstić information content (AvgIpc) is 2.67. The molecule has 132 valence electrons. The fourth-order valence-corrected chi connectivity index (χ4v) is 3.06. The summed E-state index contributed by atoms with van der Waals surface area (Å²) >= 11 is 0. The lowest BCUT2D eigenvalue weighted by molar-refractivity contribution is 0.0747. The standard InChI is InChI=1S/C20H25N3O2/c1-21(2)18-6-4-5-16(15-18)20(24)23-13-11-22(12-14-23)17-7-9-19(25-3)10-8-17/h4-10,15H,11-14H2,1-3H3. The van der Waals surface area contributed by atoms with Gasteiger partial charge in [0.2, 0.25) is 0 Å². The van der Waals surface area contributed by atoms with Crippen LogP contribution in [0.2, 0.25) is 0 Å². The zero-order valence-electron chi connectivity index (χ0n) is 15.1. The number of methoxy groups -OCH3 is 1. The Labute approximate surface area is 149 Å². The Kier molecular flexibility index (Phi) is 5.12. The lowest BCUT2D eigenvalue weighted by Gasteiger charge is -2.36. The molecule has 0 spiro atoms. The van der Waals surface area contributed by atoms with Crippen LogP contribution in [-0.2, 0) is 0 Å². The lowest BCUT2D eigenvalue weighted by Crippen LogP contribution is -2.48. The molecule has 1 amide bonds. The molecule has 0 aliphatic carbocycles. The minimum absolute atomic E-state index is 0.109.